The fourth-order valence-electron chi connectivity index (χ4n) is 2.91. The van der Waals surface area contributed by atoms with E-state index in [0.717, 1.165) is 35.8 Å². The summed E-state index contributed by atoms with van der Waals surface area (Å²) in [5, 5.41) is 10.1. The highest BCUT2D eigenvalue weighted by Gasteiger charge is 2.30. The van der Waals surface area contributed by atoms with Gasteiger partial charge in [0.2, 0.25) is 0 Å². The Morgan fingerprint density at radius 3 is 2.32 bits per heavy atom. The molecule has 5 nitrogen and oxygen atoms in total. The molecule has 0 bridgehead atoms. The Labute approximate surface area is 172 Å². The lowest BCUT2D eigenvalue weighted by atomic mass is 10.0. The van der Waals surface area contributed by atoms with Crippen LogP contribution in [0.25, 0.3) is 0 Å². The van der Waals surface area contributed by atoms with Crippen LogP contribution < -0.4 is 0 Å². The van der Waals surface area contributed by atoms with Crippen LogP contribution in [0.1, 0.15) is 62.0 Å². The maximum absolute atomic E-state index is 11.1. The van der Waals surface area contributed by atoms with Crippen molar-refractivity contribution in [2.45, 2.75) is 72.4 Å². The molecule has 1 aliphatic rings. The summed E-state index contributed by atoms with van der Waals surface area (Å²) in [5.41, 5.74) is 4.56. The average Bonchev–Trinajstić information content (AvgIpc) is 3.01. The van der Waals surface area contributed by atoms with Crippen LogP contribution in [0, 0.1) is 6.92 Å². The molecule has 0 spiro atoms. The molecule has 2 N–H and O–H groups in total. The second-order valence-electron chi connectivity index (χ2n) is 7.21. The maximum Gasteiger partial charge on any atom is 0.180 e. The number of carbonyl (C=O) groups excluding carboxylic acids is 1. The number of hydrogen-bond donors (Lipinski definition) is 2. The van der Waals surface area contributed by atoms with Crippen LogP contribution in [-0.4, -0.2) is 34.5 Å². The van der Waals surface area contributed by atoms with Crippen LogP contribution in [0.4, 0.5) is 0 Å². The molecule has 1 aromatic carbocycles. The van der Waals surface area contributed by atoms with Crippen molar-refractivity contribution >= 4 is 18.2 Å². The van der Waals surface area contributed by atoms with E-state index in [4.69, 9.17) is 14.1 Å². The quantitative estimate of drug-likeness (QED) is 0.488. The van der Waals surface area contributed by atoms with Gasteiger partial charge < -0.3 is 14.6 Å². The number of allylic oxidation sites excluding steroid dienone is 3. The molecular formula is C22H31ClO5. The topological polar surface area (TPSA) is 76.0 Å². The number of benzene rings is 1. The Morgan fingerprint density at radius 1 is 1.14 bits per heavy atom. The zero-order chi connectivity index (χ0) is 21.3. The summed E-state index contributed by atoms with van der Waals surface area (Å²) in [6.45, 7) is 10.0. The molecule has 1 saturated heterocycles. The van der Waals surface area contributed by atoms with Crippen molar-refractivity contribution in [1.29, 1.82) is 0 Å². The second kappa shape index (κ2) is 12.0. The highest BCUT2D eigenvalue weighted by molar-refractivity contribution is 6.04. The summed E-state index contributed by atoms with van der Waals surface area (Å²) in [7, 11) is 0. The van der Waals surface area contributed by atoms with E-state index in [2.05, 4.69) is 30.9 Å². The highest BCUT2D eigenvalue weighted by Crippen LogP contribution is 2.25. The number of aldehydes is 1. The lowest BCUT2D eigenvalue weighted by molar-refractivity contribution is -0.0334. The van der Waals surface area contributed by atoms with Gasteiger partial charge in [0, 0.05) is 5.56 Å². The molecular weight excluding hydrogens is 380 g/mol. The molecule has 0 aromatic heterocycles. The summed E-state index contributed by atoms with van der Waals surface area (Å²) in [6, 6.07) is 3.42. The van der Waals surface area contributed by atoms with Gasteiger partial charge >= 0.3 is 0 Å². The number of carbonyl (C=O) groups is 1. The van der Waals surface area contributed by atoms with Crippen molar-refractivity contribution < 1.29 is 24.0 Å². The van der Waals surface area contributed by atoms with Crippen LogP contribution in [0.5, 0.6) is 5.75 Å². The zero-order valence-electron chi connectivity index (χ0n) is 17.2. The minimum Gasteiger partial charge on any atom is -0.508 e. The number of hydrogen-bond acceptors (Lipinski definition) is 5. The minimum absolute atomic E-state index is 0.128. The van der Waals surface area contributed by atoms with Gasteiger partial charge in [0.1, 0.15) is 12.0 Å². The summed E-state index contributed by atoms with van der Waals surface area (Å²) in [4.78, 5) is 11.1. The Balaban J connectivity index is 0.00000190. The summed E-state index contributed by atoms with van der Waals surface area (Å²) >= 11 is 3.64. The first-order chi connectivity index (χ1) is 13.3. The van der Waals surface area contributed by atoms with Crippen LogP contribution in [0.15, 0.2) is 35.4 Å². The molecule has 0 radical (unpaired) electrons. The largest absolute Gasteiger partial charge is 0.508 e. The van der Waals surface area contributed by atoms with Gasteiger partial charge in [-0.15, -0.1) is 0 Å². The molecule has 28 heavy (non-hydrogen) atoms. The van der Waals surface area contributed by atoms with Crippen molar-refractivity contribution in [1.82, 2.24) is 0 Å². The van der Waals surface area contributed by atoms with Gasteiger partial charge in [-0.2, -0.15) is 0 Å². The first-order valence-corrected chi connectivity index (χ1v) is 9.73. The normalized spacial score (nSPS) is 22.6. The maximum atomic E-state index is 11.1. The SMILES string of the molecule is C/C(=C\Cc1cc(C=O)c(C)cc1O)CC/C=C(\C)C1OC(C)C(C)O1.OCl. The molecule has 0 aliphatic carbocycles. The van der Waals surface area contributed by atoms with E-state index in [-0.39, 0.29) is 24.2 Å². The van der Waals surface area contributed by atoms with Gasteiger partial charge in [0.15, 0.2) is 6.29 Å². The molecule has 1 fully saturated rings. The van der Waals surface area contributed by atoms with Gasteiger partial charge in [0.25, 0.3) is 0 Å². The number of rotatable bonds is 7. The summed E-state index contributed by atoms with van der Waals surface area (Å²) in [6.07, 6.45) is 7.60. The summed E-state index contributed by atoms with van der Waals surface area (Å²) < 4.78 is 18.0. The number of halogens is 1. The third-order valence-electron chi connectivity index (χ3n) is 4.98. The predicted octanol–water partition coefficient (Wildman–Crippen LogP) is 5.01. The van der Waals surface area contributed by atoms with Crippen LogP contribution >= 0.6 is 11.9 Å². The van der Waals surface area contributed by atoms with Crippen molar-refractivity contribution in [3.63, 3.8) is 0 Å². The Bertz CT molecular complexity index is 701. The van der Waals surface area contributed by atoms with Gasteiger partial charge in [-0.1, -0.05) is 17.7 Å². The van der Waals surface area contributed by atoms with Gasteiger partial charge in [-0.3, -0.25) is 9.45 Å². The van der Waals surface area contributed by atoms with Crippen molar-refractivity contribution in [2.75, 3.05) is 0 Å². The second-order valence-corrected chi connectivity index (χ2v) is 7.21. The first kappa shape index (κ1) is 24.4. The van der Waals surface area contributed by atoms with Gasteiger partial charge in [-0.25, -0.2) is 0 Å². The van der Waals surface area contributed by atoms with Crippen LogP contribution in [0.2, 0.25) is 0 Å². The Morgan fingerprint density at radius 2 is 1.75 bits per heavy atom. The highest BCUT2D eigenvalue weighted by atomic mass is 35.5. The molecule has 156 valence electrons. The standard InChI is InChI=1S/C22H30O4.ClHO/c1-14(7-6-8-15(2)22-25-17(4)18(5)26-22)9-10-19-12-20(13-23)16(3)11-21(19)24;1-2/h8-9,11-13,17-18,22,24H,6-7,10H2,1-5H3;2H/b14-9+,15-8+;. The van der Waals surface area contributed by atoms with E-state index < -0.39 is 0 Å². The van der Waals surface area contributed by atoms with Crippen LogP contribution in [-0.2, 0) is 15.9 Å². The van der Waals surface area contributed by atoms with E-state index in [1.54, 1.807) is 12.1 Å². The van der Waals surface area contributed by atoms with E-state index >= 15 is 0 Å². The molecule has 1 aliphatic heterocycles. The monoisotopic (exact) mass is 410 g/mol. The van der Waals surface area contributed by atoms with E-state index in [1.165, 1.54) is 5.57 Å². The molecule has 6 heteroatoms. The molecule has 2 rings (SSSR count). The number of aromatic hydroxyl groups is 1. The Kier molecular flexibility index (Phi) is 10.5. The lowest BCUT2D eigenvalue weighted by Crippen LogP contribution is -2.13. The van der Waals surface area contributed by atoms with Crippen molar-refractivity contribution in [2.24, 2.45) is 0 Å². The number of phenols is 1. The van der Waals surface area contributed by atoms with Crippen molar-refractivity contribution in [3.8, 4) is 5.75 Å². The van der Waals surface area contributed by atoms with E-state index in [1.807, 2.05) is 27.7 Å². The Hall–Kier alpha value is -1.66. The zero-order valence-corrected chi connectivity index (χ0v) is 18.0. The van der Waals surface area contributed by atoms with Gasteiger partial charge in [-0.05, 0) is 82.7 Å². The van der Waals surface area contributed by atoms with Gasteiger partial charge in [0.05, 0.1) is 24.1 Å². The fourth-order valence-corrected chi connectivity index (χ4v) is 2.91. The lowest BCUT2D eigenvalue weighted by Gasteiger charge is -2.10. The minimum atomic E-state index is -0.226. The molecule has 1 aromatic rings. The summed E-state index contributed by atoms with van der Waals surface area (Å²) in [5.74, 6) is 0.242. The smallest absolute Gasteiger partial charge is 0.180 e. The third kappa shape index (κ3) is 7.06. The predicted molar refractivity (Wildman–Crippen MR) is 112 cm³/mol. The number of aryl methyl sites for hydroxylation is 1. The molecule has 1 heterocycles. The number of ether oxygens (including phenoxy) is 2. The average molecular weight is 411 g/mol. The number of phenolic OH excluding ortho intramolecular Hbond substituents is 1. The molecule has 0 saturated carbocycles. The van der Waals surface area contributed by atoms with Crippen molar-refractivity contribution in [3.05, 3.63) is 52.1 Å². The molecule has 2 unspecified atom stereocenters. The molecule has 0 amide bonds. The third-order valence-corrected chi connectivity index (χ3v) is 4.98. The van der Waals surface area contributed by atoms with E-state index in [9.17, 15) is 9.90 Å². The molecule has 2 atom stereocenters. The first-order valence-electron chi connectivity index (χ1n) is 9.39. The fraction of sp³-hybridized carbons (Fsp3) is 0.500. The van der Waals surface area contributed by atoms with E-state index in [0.29, 0.717) is 12.0 Å². The van der Waals surface area contributed by atoms with Crippen LogP contribution in [0.3, 0.4) is 0 Å².